The largest absolute Gasteiger partial charge is 0.480 e. The Labute approximate surface area is 120 Å². The molecular weight excluding hydrogens is 272 g/mol. The summed E-state index contributed by atoms with van der Waals surface area (Å²) in [6.45, 7) is 1.98. The third kappa shape index (κ3) is 2.60. The highest BCUT2D eigenvalue weighted by atomic mass is 16.5. The Bertz CT molecular complexity index is 733. The van der Waals surface area contributed by atoms with Crippen molar-refractivity contribution in [2.45, 2.75) is 12.8 Å². The van der Waals surface area contributed by atoms with Crippen molar-refractivity contribution in [3.8, 4) is 17.4 Å². The zero-order valence-corrected chi connectivity index (χ0v) is 11.9. The van der Waals surface area contributed by atoms with Gasteiger partial charge in [-0.25, -0.2) is 9.97 Å². The number of hydrogen-bond donors (Lipinski definition) is 0. The van der Waals surface area contributed by atoms with E-state index >= 15 is 0 Å². The molecule has 3 aromatic heterocycles. The minimum Gasteiger partial charge on any atom is -0.480 e. The highest BCUT2D eigenvalue weighted by Crippen LogP contribution is 2.24. The molecule has 0 aliphatic rings. The van der Waals surface area contributed by atoms with Crippen LogP contribution in [0.4, 0.5) is 0 Å². The van der Waals surface area contributed by atoms with E-state index in [0.29, 0.717) is 23.3 Å². The van der Waals surface area contributed by atoms with Crippen LogP contribution >= 0.6 is 0 Å². The molecule has 3 rings (SSSR count). The lowest BCUT2D eigenvalue weighted by molar-refractivity contribution is 0.370. The summed E-state index contributed by atoms with van der Waals surface area (Å²) in [6, 6.07) is 0. The van der Waals surface area contributed by atoms with Gasteiger partial charge in [-0.2, -0.15) is 10.1 Å². The number of ether oxygens (including phenoxy) is 1. The molecule has 0 aliphatic heterocycles. The van der Waals surface area contributed by atoms with Gasteiger partial charge in [0.1, 0.15) is 5.69 Å². The minimum absolute atomic E-state index is 0.0360. The van der Waals surface area contributed by atoms with Gasteiger partial charge in [0.05, 0.1) is 31.6 Å². The van der Waals surface area contributed by atoms with Crippen LogP contribution in [0.1, 0.15) is 24.3 Å². The molecule has 0 bridgehead atoms. The second-order valence-corrected chi connectivity index (χ2v) is 4.57. The fraction of sp³-hybridized carbons (Fsp3) is 0.308. The molecule has 0 amide bonds. The van der Waals surface area contributed by atoms with Gasteiger partial charge in [0.15, 0.2) is 0 Å². The molecule has 0 fully saturated rings. The van der Waals surface area contributed by atoms with Crippen molar-refractivity contribution in [2.75, 3.05) is 7.11 Å². The fourth-order valence-electron chi connectivity index (χ4n) is 1.86. The molecule has 0 aromatic carbocycles. The normalized spacial score (nSPS) is 12.3. The van der Waals surface area contributed by atoms with Crippen LogP contribution in [0.2, 0.25) is 0 Å². The predicted molar refractivity (Wildman–Crippen MR) is 72.6 cm³/mol. The van der Waals surface area contributed by atoms with Gasteiger partial charge in [-0.15, -0.1) is 0 Å². The van der Waals surface area contributed by atoms with E-state index in [1.807, 2.05) is 20.2 Å². The molecule has 8 nitrogen and oxygen atoms in total. The van der Waals surface area contributed by atoms with Gasteiger partial charge in [0.2, 0.25) is 17.6 Å². The van der Waals surface area contributed by atoms with Crippen molar-refractivity contribution >= 4 is 0 Å². The van der Waals surface area contributed by atoms with Crippen molar-refractivity contribution in [1.82, 2.24) is 29.9 Å². The molecule has 0 radical (unpaired) electrons. The Hall–Kier alpha value is -2.77. The van der Waals surface area contributed by atoms with Crippen LogP contribution in [0.25, 0.3) is 11.5 Å². The Balaban J connectivity index is 1.85. The first-order valence-corrected chi connectivity index (χ1v) is 6.36. The van der Waals surface area contributed by atoms with Gasteiger partial charge in [-0.3, -0.25) is 4.68 Å². The molecule has 1 unspecified atom stereocenters. The van der Waals surface area contributed by atoms with E-state index in [9.17, 15) is 0 Å². The van der Waals surface area contributed by atoms with Crippen LogP contribution in [0.3, 0.4) is 0 Å². The van der Waals surface area contributed by atoms with E-state index in [0.717, 1.165) is 5.56 Å². The average molecular weight is 286 g/mol. The van der Waals surface area contributed by atoms with Gasteiger partial charge >= 0.3 is 0 Å². The molecule has 0 spiro atoms. The Morgan fingerprint density at radius 1 is 1.24 bits per heavy atom. The number of nitrogens with zero attached hydrogens (tertiary/aromatic N) is 6. The monoisotopic (exact) mass is 286 g/mol. The Morgan fingerprint density at radius 2 is 2.10 bits per heavy atom. The lowest BCUT2D eigenvalue weighted by atomic mass is 10.1. The first-order chi connectivity index (χ1) is 10.2. The lowest BCUT2D eigenvalue weighted by Gasteiger charge is -2.01. The smallest absolute Gasteiger partial charge is 0.234 e. The molecule has 21 heavy (non-hydrogen) atoms. The number of aryl methyl sites for hydroxylation is 1. The first-order valence-electron chi connectivity index (χ1n) is 6.36. The standard InChI is InChI=1S/C13H14N6O2/c1-8(9-4-16-19(2)7-9)13-17-12(18-21-13)10-5-15-11(20-3)6-14-10/h4-8H,1-3H3. The molecule has 0 saturated carbocycles. The van der Waals surface area contributed by atoms with Gasteiger partial charge in [0, 0.05) is 18.8 Å². The van der Waals surface area contributed by atoms with Crippen LogP contribution < -0.4 is 4.74 Å². The third-order valence-corrected chi connectivity index (χ3v) is 3.10. The molecule has 8 heteroatoms. The maximum atomic E-state index is 5.30. The molecular formula is C13H14N6O2. The fourth-order valence-corrected chi connectivity index (χ4v) is 1.86. The number of aromatic nitrogens is 6. The second kappa shape index (κ2) is 5.31. The van der Waals surface area contributed by atoms with Gasteiger partial charge in [-0.1, -0.05) is 5.16 Å². The maximum absolute atomic E-state index is 5.30. The van der Waals surface area contributed by atoms with Crippen LogP contribution in [0.15, 0.2) is 29.3 Å². The maximum Gasteiger partial charge on any atom is 0.234 e. The molecule has 0 saturated heterocycles. The summed E-state index contributed by atoms with van der Waals surface area (Å²) >= 11 is 0. The number of rotatable bonds is 4. The molecule has 3 aromatic rings. The molecule has 0 N–H and O–H groups in total. The first kappa shape index (κ1) is 13.2. The van der Waals surface area contributed by atoms with Crippen LogP contribution in [0.5, 0.6) is 5.88 Å². The number of methoxy groups -OCH3 is 1. The topological polar surface area (TPSA) is 91.8 Å². The van der Waals surface area contributed by atoms with Crippen LogP contribution in [-0.2, 0) is 7.05 Å². The lowest BCUT2D eigenvalue weighted by Crippen LogP contribution is -1.96. The van der Waals surface area contributed by atoms with E-state index in [-0.39, 0.29) is 5.92 Å². The van der Waals surface area contributed by atoms with E-state index in [4.69, 9.17) is 9.26 Å². The van der Waals surface area contributed by atoms with E-state index < -0.39 is 0 Å². The quantitative estimate of drug-likeness (QED) is 0.716. The summed E-state index contributed by atoms with van der Waals surface area (Å²) in [6.07, 6.45) is 6.75. The molecule has 3 heterocycles. The summed E-state index contributed by atoms with van der Waals surface area (Å²) in [7, 11) is 3.40. The SMILES string of the molecule is COc1cnc(-c2noc(C(C)c3cnn(C)c3)n2)cn1. The predicted octanol–water partition coefficient (Wildman–Crippen LogP) is 1.42. The van der Waals surface area contributed by atoms with E-state index in [1.54, 1.807) is 17.1 Å². The molecule has 0 aliphatic carbocycles. The highest BCUT2D eigenvalue weighted by Gasteiger charge is 2.19. The van der Waals surface area contributed by atoms with E-state index in [2.05, 4.69) is 25.2 Å². The summed E-state index contributed by atoms with van der Waals surface area (Å²) in [5.74, 6) is 1.31. The average Bonchev–Trinajstić information content (AvgIpc) is 3.16. The summed E-state index contributed by atoms with van der Waals surface area (Å²) in [4.78, 5) is 12.6. The zero-order chi connectivity index (χ0) is 14.8. The van der Waals surface area contributed by atoms with E-state index in [1.165, 1.54) is 13.3 Å². The zero-order valence-electron chi connectivity index (χ0n) is 11.9. The van der Waals surface area contributed by atoms with Gasteiger partial charge in [-0.05, 0) is 6.92 Å². The molecule has 1 atom stereocenters. The van der Waals surface area contributed by atoms with Gasteiger partial charge < -0.3 is 9.26 Å². The van der Waals surface area contributed by atoms with Crippen molar-refractivity contribution in [2.24, 2.45) is 7.05 Å². The summed E-state index contributed by atoms with van der Waals surface area (Å²) in [5, 5.41) is 8.08. The minimum atomic E-state index is -0.0360. The second-order valence-electron chi connectivity index (χ2n) is 4.57. The molecule has 108 valence electrons. The van der Waals surface area contributed by atoms with Crippen LogP contribution in [-0.4, -0.2) is 37.0 Å². The Kier molecular flexibility index (Phi) is 3.35. The van der Waals surface area contributed by atoms with Crippen molar-refractivity contribution in [3.63, 3.8) is 0 Å². The number of hydrogen-bond acceptors (Lipinski definition) is 7. The van der Waals surface area contributed by atoms with Crippen LogP contribution in [0, 0.1) is 0 Å². The van der Waals surface area contributed by atoms with Gasteiger partial charge in [0.25, 0.3) is 0 Å². The Morgan fingerprint density at radius 3 is 2.71 bits per heavy atom. The van der Waals surface area contributed by atoms with Crippen molar-refractivity contribution in [1.29, 1.82) is 0 Å². The summed E-state index contributed by atoms with van der Waals surface area (Å²) < 4.78 is 12.0. The highest BCUT2D eigenvalue weighted by molar-refractivity contribution is 5.46. The third-order valence-electron chi connectivity index (χ3n) is 3.10. The van der Waals surface area contributed by atoms with Crippen molar-refractivity contribution < 1.29 is 9.26 Å². The summed E-state index contributed by atoms with van der Waals surface area (Å²) in [5.41, 5.74) is 1.54. The van der Waals surface area contributed by atoms with Crippen molar-refractivity contribution in [3.05, 3.63) is 36.2 Å².